The fraction of sp³-hybridized carbons (Fsp3) is 0.200. The molecule has 44 heavy (non-hydrogen) atoms. The van der Waals surface area contributed by atoms with Crippen LogP contribution in [0.2, 0.25) is 0 Å². The van der Waals surface area contributed by atoms with Crippen LogP contribution in [0.4, 0.5) is 5.69 Å². The zero-order valence-corrected chi connectivity index (χ0v) is 23.8. The predicted octanol–water partition coefficient (Wildman–Crippen LogP) is 3.27. The zero-order chi connectivity index (χ0) is 31.4. The Morgan fingerprint density at radius 1 is 0.955 bits per heavy atom. The van der Waals surface area contributed by atoms with E-state index in [2.05, 4.69) is 10.6 Å². The number of hydroxylamine groups is 2. The summed E-state index contributed by atoms with van der Waals surface area (Å²) >= 11 is 5.31. The minimum atomic E-state index is -1.20. The number of thiocarbonyl (C=S) groups is 1. The highest BCUT2D eigenvalue weighted by atomic mass is 32.1. The Morgan fingerprint density at radius 2 is 1.70 bits per heavy atom. The van der Waals surface area contributed by atoms with Crippen molar-refractivity contribution in [3.63, 3.8) is 0 Å². The summed E-state index contributed by atoms with van der Waals surface area (Å²) in [6, 6.07) is 13.4. The van der Waals surface area contributed by atoms with Gasteiger partial charge in [-0.25, -0.2) is 9.59 Å². The molecule has 0 radical (unpaired) electrons. The first-order valence-corrected chi connectivity index (χ1v) is 13.8. The van der Waals surface area contributed by atoms with Gasteiger partial charge >= 0.3 is 11.9 Å². The number of carboxylic acids is 1. The lowest BCUT2D eigenvalue weighted by Crippen LogP contribution is -2.33. The highest BCUT2D eigenvalue weighted by Gasteiger charge is 2.32. The highest BCUT2D eigenvalue weighted by Crippen LogP contribution is 2.42. The SMILES string of the molecule is O=C(CCOCCNC(=S)Nc1ccc(-c2c3ccc(=O)cc-3oc3cc(O)ccc23)c(C(=O)O)c1)ON1C(=O)CCC1=O. The monoisotopic (exact) mass is 619 g/mol. The molecule has 14 heteroatoms. The Balaban J connectivity index is 1.22. The van der Waals surface area contributed by atoms with Crippen LogP contribution in [0.3, 0.4) is 0 Å². The normalized spacial score (nSPS) is 13.0. The first kappa shape index (κ1) is 30.1. The maximum Gasteiger partial charge on any atom is 0.336 e. The number of nitrogens with zero attached hydrogens (tertiary/aromatic N) is 1. The molecule has 3 aliphatic rings. The number of ether oxygens (including phenoxy) is 1. The molecule has 226 valence electrons. The van der Waals surface area contributed by atoms with Crippen molar-refractivity contribution in [2.45, 2.75) is 19.3 Å². The number of aromatic hydroxyl groups is 1. The van der Waals surface area contributed by atoms with E-state index in [9.17, 15) is 34.2 Å². The van der Waals surface area contributed by atoms with E-state index >= 15 is 0 Å². The molecular formula is C30H25N3O10S. The molecule has 4 N–H and O–H groups in total. The maximum atomic E-state index is 12.4. The molecule has 5 rings (SSSR count). The van der Waals surface area contributed by atoms with Gasteiger partial charge in [0, 0.05) is 53.7 Å². The molecule has 0 unspecified atom stereocenters. The van der Waals surface area contributed by atoms with Crippen LogP contribution in [-0.4, -0.2) is 63.9 Å². The van der Waals surface area contributed by atoms with Crippen molar-refractivity contribution in [3.8, 4) is 28.2 Å². The van der Waals surface area contributed by atoms with Crippen molar-refractivity contribution in [1.29, 1.82) is 0 Å². The summed E-state index contributed by atoms with van der Waals surface area (Å²) in [5.41, 5.74) is 1.75. The molecule has 2 amide bonds. The van der Waals surface area contributed by atoms with E-state index in [1.807, 2.05) is 0 Å². The van der Waals surface area contributed by atoms with Crippen LogP contribution in [0.15, 0.2) is 63.8 Å². The number of fused-ring (bicyclic) bond motifs is 2. The smallest absolute Gasteiger partial charge is 0.336 e. The van der Waals surface area contributed by atoms with Crippen LogP contribution in [0.25, 0.3) is 33.4 Å². The number of phenols is 1. The Labute approximate surface area is 254 Å². The topological polar surface area (TPSA) is 185 Å². The molecule has 0 spiro atoms. The first-order chi connectivity index (χ1) is 21.1. The van der Waals surface area contributed by atoms with Crippen molar-refractivity contribution in [1.82, 2.24) is 10.4 Å². The molecule has 2 aliphatic heterocycles. The van der Waals surface area contributed by atoms with Crippen LogP contribution in [0.5, 0.6) is 5.75 Å². The quantitative estimate of drug-likeness (QED) is 0.0878. The maximum absolute atomic E-state index is 12.4. The Kier molecular flexibility index (Phi) is 8.83. The standard InChI is InChI=1S/C30H25N3O10S/c34-17-2-5-20-23(14-17)42-24-15-18(35)3-6-21(24)28(20)19-4-1-16(13-22(19)29(39)40)32-30(44)31-10-12-41-11-9-27(38)43-33-25(36)7-8-26(33)37/h1-6,13-15,34H,7-12H2,(H,39,40)(H2,31,32,44). The van der Waals surface area contributed by atoms with Gasteiger partial charge in [-0.15, -0.1) is 5.06 Å². The summed E-state index contributed by atoms with van der Waals surface area (Å²) in [6.45, 7) is 0.413. The number of hydrogen-bond acceptors (Lipinski definition) is 10. The van der Waals surface area contributed by atoms with E-state index in [1.54, 1.807) is 24.3 Å². The molecule has 1 fully saturated rings. The van der Waals surface area contributed by atoms with E-state index in [1.165, 1.54) is 30.3 Å². The van der Waals surface area contributed by atoms with Crippen molar-refractivity contribution >= 4 is 57.7 Å². The summed E-state index contributed by atoms with van der Waals surface area (Å²) in [5, 5.41) is 27.1. The van der Waals surface area contributed by atoms with Gasteiger partial charge in [0.25, 0.3) is 11.8 Å². The van der Waals surface area contributed by atoms with Crippen LogP contribution < -0.4 is 16.1 Å². The van der Waals surface area contributed by atoms with Gasteiger partial charge in [-0.3, -0.25) is 14.4 Å². The first-order valence-electron chi connectivity index (χ1n) is 13.4. The molecule has 0 aromatic heterocycles. The number of carbonyl (C=O) groups is 4. The fourth-order valence-electron chi connectivity index (χ4n) is 4.64. The molecular weight excluding hydrogens is 594 g/mol. The van der Waals surface area contributed by atoms with Crippen LogP contribution in [0, 0.1) is 0 Å². The number of anilines is 1. The average molecular weight is 620 g/mol. The Morgan fingerprint density at radius 3 is 2.45 bits per heavy atom. The summed E-state index contributed by atoms with van der Waals surface area (Å²) in [6.07, 6.45) is -0.139. The van der Waals surface area contributed by atoms with Crippen LogP contribution >= 0.6 is 12.2 Å². The number of benzene rings is 3. The van der Waals surface area contributed by atoms with Gasteiger partial charge in [-0.1, -0.05) is 6.07 Å². The number of amides is 2. The lowest BCUT2D eigenvalue weighted by Gasteiger charge is -2.18. The van der Waals surface area contributed by atoms with Gasteiger partial charge < -0.3 is 34.8 Å². The van der Waals surface area contributed by atoms with Gasteiger partial charge in [0.1, 0.15) is 17.1 Å². The molecule has 2 aromatic carbocycles. The van der Waals surface area contributed by atoms with Gasteiger partial charge in [-0.2, -0.15) is 0 Å². The Hall–Kier alpha value is -5.34. The number of carbonyl (C=O) groups excluding carboxylic acids is 3. The van der Waals surface area contributed by atoms with E-state index in [-0.39, 0.29) is 72.2 Å². The molecule has 0 bridgehead atoms. The summed E-state index contributed by atoms with van der Waals surface area (Å²) in [7, 11) is 0. The van der Waals surface area contributed by atoms with E-state index < -0.39 is 23.8 Å². The molecule has 0 atom stereocenters. The van der Waals surface area contributed by atoms with E-state index in [0.29, 0.717) is 32.8 Å². The van der Waals surface area contributed by atoms with Crippen molar-refractivity contribution < 1.29 is 43.4 Å². The van der Waals surface area contributed by atoms with E-state index in [0.717, 1.165) is 0 Å². The second kappa shape index (κ2) is 12.9. The second-order valence-corrected chi connectivity index (χ2v) is 10.1. The highest BCUT2D eigenvalue weighted by molar-refractivity contribution is 7.80. The molecule has 13 nitrogen and oxygen atoms in total. The average Bonchev–Trinajstić information content (AvgIpc) is 3.29. The molecule has 1 aliphatic carbocycles. The van der Waals surface area contributed by atoms with Crippen molar-refractivity contribution in [2.24, 2.45) is 0 Å². The van der Waals surface area contributed by atoms with Crippen molar-refractivity contribution in [3.05, 3.63) is 70.4 Å². The number of carboxylic acid groups (broad SMARTS) is 1. The minimum absolute atomic E-state index is 0.00770. The summed E-state index contributed by atoms with van der Waals surface area (Å²) < 4.78 is 11.2. The van der Waals surface area contributed by atoms with Crippen LogP contribution in [-0.2, 0) is 24.0 Å². The molecule has 2 aromatic rings. The number of hydrogen-bond donors (Lipinski definition) is 4. The molecule has 1 saturated heterocycles. The summed E-state index contributed by atoms with van der Waals surface area (Å²) in [5.74, 6) is -2.89. The summed E-state index contributed by atoms with van der Waals surface area (Å²) in [4.78, 5) is 64.0. The van der Waals surface area contributed by atoms with Gasteiger partial charge in [-0.05, 0) is 54.2 Å². The third-order valence-electron chi connectivity index (χ3n) is 6.64. The molecule has 0 saturated carbocycles. The largest absolute Gasteiger partial charge is 0.508 e. The van der Waals surface area contributed by atoms with Crippen molar-refractivity contribution in [2.75, 3.05) is 25.1 Å². The third kappa shape index (κ3) is 6.66. The lowest BCUT2D eigenvalue weighted by molar-refractivity contribution is -0.198. The van der Waals surface area contributed by atoms with Gasteiger partial charge in [0.05, 0.1) is 25.2 Å². The van der Waals surface area contributed by atoms with E-state index in [4.69, 9.17) is 26.2 Å². The lowest BCUT2D eigenvalue weighted by atomic mass is 9.90. The number of phenolic OH excluding ortho intramolecular Hbond substituents is 1. The predicted molar refractivity (Wildman–Crippen MR) is 160 cm³/mol. The Bertz CT molecular complexity index is 1820. The number of nitrogens with one attached hydrogen (secondary N) is 2. The zero-order valence-electron chi connectivity index (χ0n) is 23.0. The van der Waals surface area contributed by atoms with Crippen LogP contribution in [0.1, 0.15) is 29.6 Å². The molecule has 2 heterocycles. The second-order valence-electron chi connectivity index (χ2n) is 9.67. The van der Waals surface area contributed by atoms with Gasteiger partial charge in [0.2, 0.25) is 0 Å². The van der Waals surface area contributed by atoms with Gasteiger partial charge in [0.15, 0.2) is 10.5 Å². The fourth-order valence-corrected chi connectivity index (χ4v) is 4.86. The minimum Gasteiger partial charge on any atom is -0.508 e. The third-order valence-corrected chi connectivity index (χ3v) is 6.88. The number of rotatable bonds is 10. The number of aromatic carboxylic acids is 1. The number of imide groups is 1.